The normalized spacial score (nSPS) is 16.7. The summed E-state index contributed by atoms with van der Waals surface area (Å²) >= 11 is 0. The van der Waals surface area contributed by atoms with Crippen LogP contribution in [0.3, 0.4) is 0 Å². The Bertz CT molecular complexity index is 1210. The van der Waals surface area contributed by atoms with Gasteiger partial charge < -0.3 is 25.8 Å². The molecule has 1 fully saturated rings. The molecule has 0 radical (unpaired) electrons. The number of hydrogen-bond acceptors (Lipinski definition) is 5. The van der Waals surface area contributed by atoms with E-state index >= 15 is 0 Å². The molecule has 5 rings (SSSR count). The van der Waals surface area contributed by atoms with E-state index in [9.17, 15) is 9.59 Å². The number of fused-ring (bicyclic) bond motifs is 2. The van der Waals surface area contributed by atoms with Crippen molar-refractivity contribution in [2.24, 2.45) is 0 Å². The summed E-state index contributed by atoms with van der Waals surface area (Å²) in [5, 5.41) is 9.37. The van der Waals surface area contributed by atoms with Crippen molar-refractivity contribution in [1.82, 2.24) is 20.6 Å². The lowest BCUT2D eigenvalue weighted by atomic mass is 9.73. The van der Waals surface area contributed by atoms with E-state index in [1.807, 2.05) is 55.4 Å². The lowest BCUT2D eigenvalue weighted by molar-refractivity contribution is 0.0913. The molecule has 4 N–H and O–H groups in total. The van der Waals surface area contributed by atoms with Crippen molar-refractivity contribution in [1.29, 1.82) is 0 Å². The van der Waals surface area contributed by atoms with Gasteiger partial charge in [0.05, 0.1) is 5.56 Å². The van der Waals surface area contributed by atoms with Gasteiger partial charge in [0.15, 0.2) is 0 Å². The molecule has 0 unspecified atom stereocenters. The Morgan fingerprint density at radius 1 is 1.12 bits per heavy atom. The molecule has 2 amide bonds. The van der Waals surface area contributed by atoms with E-state index in [4.69, 9.17) is 0 Å². The van der Waals surface area contributed by atoms with Crippen LogP contribution in [-0.4, -0.2) is 55.5 Å². The zero-order valence-corrected chi connectivity index (χ0v) is 18.9. The molecule has 0 bridgehead atoms. The summed E-state index contributed by atoms with van der Waals surface area (Å²) in [6.07, 6.45) is 3.62. The van der Waals surface area contributed by atoms with Crippen LogP contribution in [0.25, 0.3) is 11.3 Å². The van der Waals surface area contributed by atoms with Gasteiger partial charge in [0, 0.05) is 60.5 Å². The Kier molecular flexibility index (Phi) is 5.38. The van der Waals surface area contributed by atoms with Crippen LogP contribution in [0.5, 0.6) is 0 Å². The van der Waals surface area contributed by atoms with E-state index in [0.29, 0.717) is 23.5 Å². The van der Waals surface area contributed by atoms with Gasteiger partial charge in [-0.25, -0.2) is 4.98 Å². The molecule has 4 heterocycles. The first-order valence-electron chi connectivity index (χ1n) is 11.2. The van der Waals surface area contributed by atoms with Crippen LogP contribution >= 0.6 is 0 Å². The number of nitrogens with one attached hydrogen (secondary N) is 4. The topological polar surface area (TPSA) is 102 Å². The van der Waals surface area contributed by atoms with Crippen LogP contribution in [0.1, 0.15) is 39.3 Å². The van der Waals surface area contributed by atoms with Crippen LogP contribution in [-0.2, 0) is 5.41 Å². The average Bonchev–Trinajstić information content (AvgIpc) is 3.30. The lowest BCUT2D eigenvalue weighted by Crippen LogP contribution is -2.51. The summed E-state index contributed by atoms with van der Waals surface area (Å²) in [6.45, 7) is 2.53. The molecule has 2 aromatic heterocycles. The Balaban J connectivity index is 1.42. The minimum Gasteiger partial charge on any atom is -0.378 e. The highest BCUT2D eigenvalue weighted by atomic mass is 16.2. The minimum atomic E-state index is -0.220. The second-order valence-electron chi connectivity index (χ2n) is 9.01. The number of anilines is 2. The third kappa shape index (κ3) is 3.98. The zero-order valence-electron chi connectivity index (χ0n) is 18.9. The van der Waals surface area contributed by atoms with Crippen LogP contribution in [0.2, 0.25) is 0 Å². The largest absolute Gasteiger partial charge is 0.378 e. The third-order valence-corrected chi connectivity index (χ3v) is 6.68. The fraction of sp³-hybridized carbons (Fsp3) is 0.320. The number of carbonyl (C=O) groups is 2. The van der Waals surface area contributed by atoms with Gasteiger partial charge in [-0.3, -0.25) is 9.59 Å². The predicted octanol–water partition coefficient (Wildman–Crippen LogP) is 2.76. The highest BCUT2D eigenvalue weighted by molar-refractivity contribution is 6.04. The van der Waals surface area contributed by atoms with Gasteiger partial charge in [0.25, 0.3) is 11.8 Å². The van der Waals surface area contributed by atoms with Crippen LogP contribution < -0.4 is 20.9 Å². The summed E-state index contributed by atoms with van der Waals surface area (Å²) in [4.78, 5) is 35.2. The molecule has 8 nitrogen and oxygen atoms in total. The fourth-order valence-electron chi connectivity index (χ4n) is 4.75. The Morgan fingerprint density at radius 2 is 1.94 bits per heavy atom. The molecule has 0 saturated carbocycles. The molecular formula is C25H28N6O2. The minimum absolute atomic E-state index is 0.0417. The fourth-order valence-corrected chi connectivity index (χ4v) is 4.75. The van der Waals surface area contributed by atoms with E-state index in [0.717, 1.165) is 48.6 Å². The molecule has 2 aliphatic rings. The van der Waals surface area contributed by atoms with Gasteiger partial charge in [0.1, 0.15) is 5.82 Å². The van der Waals surface area contributed by atoms with Crippen LogP contribution in [0, 0.1) is 0 Å². The number of piperidine rings is 1. The monoisotopic (exact) mass is 444 g/mol. The van der Waals surface area contributed by atoms with Crippen molar-refractivity contribution in [3.63, 3.8) is 0 Å². The van der Waals surface area contributed by atoms with E-state index in [-0.39, 0.29) is 17.2 Å². The number of aromatic nitrogens is 2. The predicted molar refractivity (Wildman–Crippen MR) is 129 cm³/mol. The SMILES string of the molecule is CN(C)c1cccc(C(=O)Nc2cc(-c3cc4c([nH]3)C3(CCNCC3)CNC4=O)ccn2)c1. The molecule has 1 saturated heterocycles. The zero-order chi connectivity index (χ0) is 23.0. The summed E-state index contributed by atoms with van der Waals surface area (Å²) in [7, 11) is 3.87. The maximum atomic E-state index is 12.8. The Labute approximate surface area is 192 Å². The van der Waals surface area contributed by atoms with Crippen molar-refractivity contribution in [2.45, 2.75) is 18.3 Å². The summed E-state index contributed by atoms with van der Waals surface area (Å²) in [5.74, 6) is 0.198. The van der Waals surface area contributed by atoms with Crippen molar-refractivity contribution >= 4 is 23.3 Å². The standard InChI is InChI=1S/C25H28N6O2/c1-31(2)18-5-3-4-17(12-18)23(32)30-21-13-16(6-9-27-21)20-14-19-22(29-20)25(15-28-24(19)33)7-10-26-11-8-25/h3-6,9,12-14,26,29H,7-8,10-11,15H2,1-2H3,(H,28,33)(H,27,30,32). The third-order valence-electron chi connectivity index (χ3n) is 6.68. The first kappa shape index (κ1) is 21.2. The maximum absolute atomic E-state index is 12.8. The van der Waals surface area contributed by atoms with Crippen molar-refractivity contribution < 1.29 is 9.59 Å². The van der Waals surface area contributed by atoms with E-state index in [1.54, 1.807) is 12.3 Å². The summed E-state index contributed by atoms with van der Waals surface area (Å²) < 4.78 is 0. The van der Waals surface area contributed by atoms with E-state index < -0.39 is 0 Å². The smallest absolute Gasteiger partial charge is 0.256 e. The van der Waals surface area contributed by atoms with E-state index in [1.165, 1.54) is 0 Å². The molecule has 170 valence electrons. The van der Waals surface area contributed by atoms with Crippen molar-refractivity contribution in [2.75, 3.05) is 43.9 Å². The van der Waals surface area contributed by atoms with Crippen LogP contribution in [0.4, 0.5) is 11.5 Å². The number of rotatable bonds is 4. The first-order valence-corrected chi connectivity index (χ1v) is 11.2. The number of aromatic amines is 1. The number of carbonyl (C=O) groups excluding carboxylic acids is 2. The van der Waals surface area contributed by atoms with Gasteiger partial charge in [-0.15, -0.1) is 0 Å². The number of nitrogens with zero attached hydrogens (tertiary/aromatic N) is 2. The van der Waals surface area contributed by atoms with E-state index in [2.05, 4.69) is 25.9 Å². The molecule has 33 heavy (non-hydrogen) atoms. The van der Waals surface area contributed by atoms with Crippen LogP contribution in [0.15, 0.2) is 48.7 Å². The summed E-state index contributed by atoms with van der Waals surface area (Å²) in [5.41, 5.74) is 4.90. The second-order valence-corrected chi connectivity index (χ2v) is 9.01. The Hall–Kier alpha value is -3.65. The number of amides is 2. The van der Waals surface area contributed by atoms with Gasteiger partial charge in [-0.1, -0.05) is 6.07 Å². The first-order chi connectivity index (χ1) is 15.9. The number of pyridine rings is 1. The molecule has 3 aromatic rings. The molecule has 1 spiro atoms. The summed E-state index contributed by atoms with van der Waals surface area (Å²) in [6, 6.07) is 13.1. The van der Waals surface area contributed by atoms with Crippen molar-refractivity contribution in [3.8, 4) is 11.3 Å². The molecule has 1 aromatic carbocycles. The molecule has 2 aliphatic heterocycles. The van der Waals surface area contributed by atoms with Gasteiger partial charge in [-0.05, 0) is 62.3 Å². The highest BCUT2D eigenvalue weighted by Gasteiger charge is 2.42. The number of H-pyrrole nitrogens is 1. The number of hydrogen-bond donors (Lipinski definition) is 4. The molecule has 8 heteroatoms. The molecular weight excluding hydrogens is 416 g/mol. The molecule has 0 atom stereocenters. The van der Waals surface area contributed by atoms with Gasteiger partial charge in [0.2, 0.25) is 0 Å². The maximum Gasteiger partial charge on any atom is 0.256 e. The van der Waals surface area contributed by atoms with Crippen molar-refractivity contribution in [3.05, 3.63) is 65.5 Å². The Morgan fingerprint density at radius 3 is 2.73 bits per heavy atom. The number of benzene rings is 1. The highest BCUT2D eigenvalue weighted by Crippen LogP contribution is 2.39. The van der Waals surface area contributed by atoms with Gasteiger partial charge >= 0.3 is 0 Å². The average molecular weight is 445 g/mol. The quantitative estimate of drug-likeness (QED) is 0.496. The van der Waals surface area contributed by atoms with Gasteiger partial charge in [-0.2, -0.15) is 0 Å². The second kappa shape index (κ2) is 8.37. The lowest BCUT2D eigenvalue weighted by Gasteiger charge is -2.40. The molecule has 0 aliphatic carbocycles.